The van der Waals surface area contributed by atoms with Crippen molar-refractivity contribution in [3.8, 4) is 0 Å². The average molecular weight is 257 g/mol. The second-order valence-corrected chi connectivity index (χ2v) is 4.19. The number of aliphatic carboxylic acids is 1. The molecule has 0 radical (unpaired) electrons. The number of nitrogens with zero attached hydrogens (tertiary/aromatic N) is 1. The topological polar surface area (TPSA) is 98.7 Å². The molecule has 18 heavy (non-hydrogen) atoms. The van der Waals surface area contributed by atoms with Crippen LogP contribution < -0.4 is 10.6 Å². The number of likely N-dealkylation sites (tertiary alicyclic amines) is 1. The first-order valence-electron chi connectivity index (χ1n) is 6.11. The second-order valence-electron chi connectivity index (χ2n) is 4.19. The van der Waals surface area contributed by atoms with Crippen LogP contribution in [0, 0.1) is 0 Å². The maximum Gasteiger partial charge on any atom is 0.315 e. The molecule has 0 aromatic rings. The van der Waals surface area contributed by atoms with E-state index in [0.29, 0.717) is 6.42 Å². The number of urea groups is 1. The van der Waals surface area contributed by atoms with Crippen LogP contribution >= 0.6 is 0 Å². The zero-order chi connectivity index (χ0) is 13.4. The number of hydrogen-bond acceptors (Lipinski definition) is 3. The van der Waals surface area contributed by atoms with E-state index in [-0.39, 0.29) is 25.4 Å². The van der Waals surface area contributed by atoms with E-state index in [2.05, 4.69) is 10.6 Å². The van der Waals surface area contributed by atoms with Crippen molar-refractivity contribution in [2.24, 2.45) is 0 Å². The molecule has 0 unspecified atom stereocenters. The van der Waals surface area contributed by atoms with Crippen LogP contribution in [0.1, 0.15) is 25.7 Å². The van der Waals surface area contributed by atoms with Gasteiger partial charge < -0.3 is 20.6 Å². The molecule has 1 aliphatic rings. The summed E-state index contributed by atoms with van der Waals surface area (Å²) in [6, 6.07) is -0.437. The molecule has 0 saturated carbocycles. The van der Waals surface area contributed by atoms with Gasteiger partial charge in [0, 0.05) is 26.1 Å². The zero-order valence-corrected chi connectivity index (χ0v) is 10.3. The summed E-state index contributed by atoms with van der Waals surface area (Å²) in [5.74, 6) is -0.963. The van der Waals surface area contributed by atoms with E-state index in [0.717, 1.165) is 25.9 Å². The third-order valence-electron chi connectivity index (χ3n) is 2.71. The number of carbonyl (C=O) groups is 3. The molecule has 0 atom stereocenters. The van der Waals surface area contributed by atoms with Crippen LogP contribution in [0.4, 0.5) is 4.79 Å². The molecule has 1 fully saturated rings. The van der Waals surface area contributed by atoms with Crippen LogP contribution in [-0.2, 0) is 9.59 Å². The molecule has 1 heterocycles. The number of amides is 3. The van der Waals surface area contributed by atoms with Crippen molar-refractivity contribution < 1.29 is 19.5 Å². The summed E-state index contributed by atoms with van der Waals surface area (Å²) >= 11 is 0. The highest BCUT2D eigenvalue weighted by Crippen LogP contribution is 2.06. The Morgan fingerprint density at radius 2 is 1.78 bits per heavy atom. The molecule has 3 amide bonds. The smallest absolute Gasteiger partial charge is 0.315 e. The molecule has 0 spiro atoms. The van der Waals surface area contributed by atoms with E-state index in [1.54, 1.807) is 4.90 Å². The predicted octanol–water partition coefficient (Wildman–Crippen LogP) is -0.227. The van der Waals surface area contributed by atoms with Gasteiger partial charge in [-0.15, -0.1) is 0 Å². The van der Waals surface area contributed by atoms with Crippen molar-refractivity contribution in [3.05, 3.63) is 0 Å². The Balaban J connectivity index is 2.05. The van der Waals surface area contributed by atoms with Gasteiger partial charge >= 0.3 is 12.0 Å². The van der Waals surface area contributed by atoms with Gasteiger partial charge in [-0.1, -0.05) is 0 Å². The van der Waals surface area contributed by atoms with Crippen molar-refractivity contribution >= 4 is 17.9 Å². The zero-order valence-electron chi connectivity index (χ0n) is 10.3. The van der Waals surface area contributed by atoms with E-state index in [9.17, 15) is 14.4 Å². The lowest BCUT2D eigenvalue weighted by Crippen LogP contribution is -2.43. The Morgan fingerprint density at radius 1 is 1.11 bits per heavy atom. The second kappa shape index (κ2) is 7.52. The maximum absolute atomic E-state index is 11.6. The third-order valence-corrected chi connectivity index (χ3v) is 2.71. The first kappa shape index (κ1) is 14.3. The highest BCUT2D eigenvalue weighted by molar-refractivity contribution is 5.84. The SMILES string of the molecule is O=C(O)CCCNC(=O)NCC(=O)N1CCCC1. The standard InChI is InChI=1S/C11H19N3O4/c15-9(14-6-1-2-7-14)8-13-11(18)12-5-3-4-10(16)17/h1-8H2,(H,16,17)(H2,12,13,18). The van der Waals surface area contributed by atoms with Crippen LogP contribution in [0.5, 0.6) is 0 Å². The molecule has 1 rings (SSSR count). The molecular weight excluding hydrogens is 238 g/mol. The minimum absolute atomic E-state index is 0.00916. The normalized spacial score (nSPS) is 14.3. The summed E-state index contributed by atoms with van der Waals surface area (Å²) in [6.07, 6.45) is 2.44. The molecule has 0 aromatic carbocycles. The number of nitrogens with one attached hydrogen (secondary N) is 2. The highest BCUT2D eigenvalue weighted by Gasteiger charge is 2.17. The quantitative estimate of drug-likeness (QED) is 0.572. The van der Waals surface area contributed by atoms with Crippen molar-refractivity contribution in [1.82, 2.24) is 15.5 Å². The first-order valence-corrected chi connectivity index (χ1v) is 6.11. The van der Waals surface area contributed by atoms with Crippen molar-refractivity contribution in [2.45, 2.75) is 25.7 Å². The van der Waals surface area contributed by atoms with E-state index < -0.39 is 12.0 Å². The number of hydrogen-bond donors (Lipinski definition) is 3. The Morgan fingerprint density at radius 3 is 2.39 bits per heavy atom. The summed E-state index contributed by atoms with van der Waals surface area (Å²) in [4.78, 5) is 34.8. The Labute approximate surface area is 106 Å². The largest absolute Gasteiger partial charge is 0.481 e. The van der Waals surface area contributed by atoms with Gasteiger partial charge in [0.05, 0.1) is 6.54 Å². The van der Waals surface area contributed by atoms with Gasteiger partial charge in [0.25, 0.3) is 0 Å². The van der Waals surface area contributed by atoms with Crippen LogP contribution in [0.15, 0.2) is 0 Å². The molecule has 7 heteroatoms. The fourth-order valence-electron chi connectivity index (χ4n) is 1.74. The van der Waals surface area contributed by atoms with Gasteiger partial charge in [0.15, 0.2) is 0 Å². The molecule has 1 saturated heterocycles. The van der Waals surface area contributed by atoms with Gasteiger partial charge in [0.1, 0.15) is 0 Å². The van der Waals surface area contributed by atoms with Gasteiger partial charge in [-0.25, -0.2) is 4.79 Å². The summed E-state index contributed by atoms with van der Waals surface area (Å²) < 4.78 is 0. The lowest BCUT2D eigenvalue weighted by atomic mass is 10.3. The van der Waals surface area contributed by atoms with Gasteiger partial charge in [-0.05, 0) is 19.3 Å². The predicted molar refractivity (Wildman–Crippen MR) is 64.1 cm³/mol. The van der Waals surface area contributed by atoms with Crippen LogP contribution in [0.25, 0.3) is 0 Å². The molecule has 1 aliphatic heterocycles. The molecule has 0 aromatic heterocycles. The lowest BCUT2D eigenvalue weighted by Gasteiger charge is -2.15. The molecular formula is C11H19N3O4. The monoisotopic (exact) mass is 257 g/mol. The average Bonchev–Trinajstić information content (AvgIpc) is 2.85. The Kier molecular flexibility index (Phi) is 5.96. The van der Waals surface area contributed by atoms with Gasteiger partial charge in [-0.2, -0.15) is 0 Å². The van der Waals surface area contributed by atoms with Crippen LogP contribution in [-0.4, -0.2) is 54.1 Å². The minimum Gasteiger partial charge on any atom is -0.481 e. The van der Waals surface area contributed by atoms with Crippen molar-refractivity contribution in [3.63, 3.8) is 0 Å². The Bertz CT molecular complexity index is 313. The summed E-state index contributed by atoms with van der Waals surface area (Å²) in [6.45, 7) is 1.81. The third kappa shape index (κ3) is 5.51. The van der Waals surface area contributed by atoms with E-state index in [1.165, 1.54) is 0 Å². The molecule has 0 bridgehead atoms. The lowest BCUT2D eigenvalue weighted by molar-refractivity contribution is -0.137. The number of carboxylic acid groups (broad SMARTS) is 1. The maximum atomic E-state index is 11.6. The van der Waals surface area contributed by atoms with E-state index in [4.69, 9.17) is 5.11 Å². The van der Waals surface area contributed by atoms with Crippen LogP contribution in [0.3, 0.4) is 0 Å². The van der Waals surface area contributed by atoms with Crippen LogP contribution in [0.2, 0.25) is 0 Å². The number of carbonyl (C=O) groups excluding carboxylic acids is 2. The fourth-order valence-corrected chi connectivity index (χ4v) is 1.74. The van der Waals surface area contributed by atoms with E-state index in [1.807, 2.05) is 0 Å². The highest BCUT2D eigenvalue weighted by atomic mass is 16.4. The summed E-state index contributed by atoms with van der Waals surface area (Å²) in [5, 5.41) is 13.4. The van der Waals surface area contributed by atoms with Gasteiger partial charge in [0.2, 0.25) is 5.91 Å². The van der Waals surface area contributed by atoms with E-state index >= 15 is 0 Å². The molecule has 7 nitrogen and oxygen atoms in total. The minimum atomic E-state index is -0.888. The molecule has 0 aliphatic carbocycles. The molecule has 3 N–H and O–H groups in total. The fraction of sp³-hybridized carbons (Fsp3) is 0.727. The first-order chi connectivity index (χ1) is 8.59. The van der Waals surface area contributed by atoms with Crippen molar-refractivity contribution in [2.75, 3.05) is 26.2 Å². The number of carboxylic acids is 1. The van der Waals surface area contributed by atoms with Crippen molar-refractivity contribution in [1.29, 1.82) is 0 Å². The summed E-state index contributed by atoms with van der Waals surface area (Å²) in [7, 11) is 0. The molecule has 102 valence electrons. The van der Waals surface area contributed by atoms with Gasteiger partial charge in [-0.3, -0.25) is 9.59 Å². The number of rotatable bonds is 6. The Hall–Kier alpha value is -1.79. The summed E-state index contributed by atoms with van der Waals surface area (Å²) in [5.41, 5.74) is 0.